The van der Waals surface area contributed by atoms with E-state index in [-0.39, 0.29) is 10.6 Å². The van der Waals surface area contributed by atoms with Crippen LogP contribution in [0.15, 0.2) is 54.6 Å². The van der Waals surface area contributed by atoms with Crippen LogP contribution < -0.4 is 10.1 Å². The normalized spacial score (nSPS) is 10.8. The molecule has 0 radical (unpaired) electrons. The summed E-state index contributed by atoms with van der Waals surface area (Å²) in [5.41, 5.74) is 0.980. The van der Waals surface area contributed by atoms with Gasteiger partial charge >= 0.3 is 0 Å². The Hall–Kier alpha value is -2.01. The number of hydrogen-bond acceptors (Lipinski definition) is 3. The summed E-state index contributed by atoms with van der Waals surface area (Å²) in [4.78, 5) is 12.4. The van der Waals surface area contributed by atoms with Gasteiger partial charge in [0.25, 0.3) is 5.91 Å². The summed E-state index contributed by atoms with van der Waals surface area (Å²) in [5, 5.41) is 12.5. The molecule has 4 nitrogen and oxygen atoms in total. The molecule has 0 unspecified atom stereocenters. The lowest BCUT2D eigenvalue weighted by Crippen LogP contribution is -2.13. The lowest BCUT2D eigenvalue weighted by atomic mass is 10.1. The molecule has 2 rings (SSSR count). The minimum absolute atomic E-state index is 0.0587. The molecule has 0 bridgehead atoms. The largest absolute Gasteiger partial charge is 0.488 e. The van der Waals surface area contributed by atoms with Gasteiger partial charge in [-0.25, -0.2) is 0 Å². The van der Waals surface area contributed by atoms with Crippen LogP contribution in [-0.2, 0) is 4.79 Å². The second-order valence-electron chi connectivity index (χ2n) is 5.01. The molecule has 0 aliphatic carbocycles. The highest BCUT2D eigenvalue weighted by Gasteiger charge is 2.13. The summed E-state index contributed by atoms with van der Waals surface area (Å²) in [7, 11) is 0. The average Bonchev–Trinajstić information content (AvgIpc) is 2.62. The molecule has 0 fully saturated rings. The first-order valence-corrected chi connectivity index (χ1v) is 9.20. The predicted molar refractivity (Wildman–Crippen MR) is 114 cm³/mol. The zero-order chi connectivity index (χ0) is 19.1. The molecule has 0 aliphatic heterocycles. The molecule has 0 atom stereocenters. The van der Waals surface area contributed by atoms with Crippen molar-refractivity contribution in [1.29, 1.82) is 5.26 Å². The molecule has 0 aromatic heterocycles. The number of benzene rings is 2. The number of rotatable bonds is 6. The Balaban J connectivity index is 2.23. The lowest BCUT2D eigenvalue weighted by molar-refractivity contribution is -0.112. The Morgan fingerprint density at radius 3 is 2.77 bits per heavy atom. The molecular weight excluding hydrogens is 486 g/mol. The Morgan fingerprint density at radius 2 is 2.12 bits per heavy atom. The maximum atomic E-state index is 12.4. The number of halogens is 3. The third kappa shape index (κ3) is 5.24. The Labute approximate surface area is 175 Å². The van der Waals surface area contributed by atoms with Gasteiger partial charge in [0.2, 0.25) is 0 Å². The second-order valence-corrected chi connectivity index (χ2v) is 6.96. The van der Waals surface area contributed by atoms with Crippen molar-refractivity contribution >= 4 is 63.5 Å². The van der Waals surface area contributed by atoms with E-state index >= 15 is 0 Å². The van der Waals surface area contributed by atoms with Crippen molar-refractivity contribution in [3.05, 3.63) is 73.8 Å². The van der Waals surface area contributed by atoms with Crippen LogP contribution in [0.5, 0.6) is 5.75 Å². The third-order valence-electron chi connectivity index (χ3n) is 3.19. The number of nitriles is 1. The Morgan fingerprint density at radius 1 is 1.35 bits per heavy atom. The number of amides is 1. The average molecular weight is 499 g/mol. The number of hydrogen-bond donors (Lipinski definition) is 1. The first-order valence-electron chi connectivity index (χ1n) is 7.36. The zero-order valence-electron chi connectivity index (χ0n) is 13.4. The van der Waals surface area contributed by atoms with Crippen LogP contribution in [0.4, 0.5) is 5.69 Å². The van der Waals surface area contributed by atoms with Crippen LogP contribution in [-0.4, -0.2) is 12.5 Å². The van der Waals surface area contributed by atoms with Gasteiger partial charge in [-0.1, -0.05) is 48.0 Å². The minimum atomic E-state index is -0.571. The van der Waals surface area contributed by atoms with E-state index in [4.69, 9.17) is 27.9 Å². The highest BCUT2D eigenvalue weighted by molar-refractivity contribution is 14.1. The number of anilines is 1. The van der Waals surface area contributed by atoms with Gasteiger partial charge in [-0.15, -0.1) is 0 Å². The van der Waals surface area contributed by atoms with E-state index in [2.05, 4.69) is 34.5 Å². The summed E-state index contributed by atoms with van der Waals surface area (Å²) < 4.78 is 6.36. The van der Waals surface area contributed by atoms with Gasteiger partial charge in [0, 0.05) is 0 Å². The van der Waals surface area contributed by atoms with E-state index < -0.39 is 5.91 Å². The van der Waals surface area contributed by atoms with Crippen molar-refractivity contribution in [2.75, 3.05) is 11.9 Å². The summed E-state index contributed by atoms with van der Waals surface area (Å²) in [6.07, 6.45) is 3.15. The molecule has 0 heterocycles. The molecule has 132 valence electrons. The van der Waals surface area contributed by atoms with E-state index in [9.17, 15) is 10.1 Å². The van der Waals surface area contributed by atoms with Crippen molar-refractivity contribution in [3.8, 4) is 11.8 Å². The van der Waals surface area contributed by atoms with Gasteiger partial charge in [0.15, 0.2) is 0 Å². The SMILES string of the molecule is C=CCOc1ccc(/C=C(/C#N)C(=O)Nc2cccc(Cl)c2Cl)cc1I. The number of carbonyl (C=O) groups is 1. The van der Waals surface area contributed by atoms with Gasteiger partial charge in [-0.2, -0.15) is 5.26 Å². The van der Waals surface area contributed by atoms with Crippen LogP contribution in [0, 0.1) is 14.9 Å². The maximum Gasteiger partial charge on any atom is 0.266 e. The van der Waals surface area contributed by atoms with Crippen molar-refractivity contribution in [1.82, 2.24) is 0 Å². The third-order valence-corrected chi connectivity index (χ3v) is 4.85. The van der Waals surface area contributed by atoms with E-state index in [0.29, 0.717) is 28.6 Å². The van der Waals surface area contributed by atoms with E-state index in [1.807, 2.05) is 12.1 Å². The van der Waals surface area contributed by atoms with Gasteiger partial charge in [0.1, 0.15) is 24.0 Å². The minimum Gasteiger partial charge on any atom is -0.488 e. The fraction of sp³-hybridized carbons (Fsp3) is 0.0526. The summed E-state index contributed by atoms with van der Waals surface area (Å²) in [6.45, 7) is 4.00. The molecule has 2 aromatic carbocycles. The molecule has 26 heavy (non-hydrogen) atoms. The van der Waals surface area contributed by atoms with Gasteiger partial charge in [0.05, 0.1) is 19.3 Å². The number of ether oxygens (including phenoxy) is 1. The van der Waals surface area contributed by atoms with Crippen LogP contribution in [0.1, 0.15) is 5.56 Å². The number of nitrogens with zero attached hydrogens (tertiary/aromatic N) is 1. The highest BCUT2D eigenvalue weighted by Crippen LogP contribution is 2.30. The summed E-state index contributed by atoms with van der Waals surface area (Å²) in [6, 6.07) is 12.1. The first-order chi connectivity index (χ1) is 12.5. The smallest absolute Gasteiger partial charge is 0.266 e. The van der Waals surface area contributed by atoms with Gasteiger partial charge in [-0.3, -0.25) is 4.79 Å². The quantitative estimate of drug-likeness (QED) is 0.240. The summed E-state index contributed by atoms with van der Waals surface area (Å²) >= 11 is 14.1. The van der Waals surface area contributed by atoms with Gasteiger partial charge < -0.3 is 10.1 Å². The molecular formula is C19H13Cl2IN2O2. The standard InChI is InChI=1S/C19H13Cl2IN2O2/c1-2-8-26-17-7-6-12(10-15(17)22)9-13(11-23)19(25)24-16-5-3-4-14(20)18(16)21/h2-7,9-10H,1,8H2,(H,24,25)/b13-9-. The molecule has 0 aliphatic rings. The molecule has 0 saturated carbocycles. The Kier molecular flexibility index (Phi) is 7.51. The zero-order valence-corrected chi connectivity index (χ0v) is 17.1. The molecule has 1 amide bonds. The van der Waals surface area contributed by atoms with Crippen LogP contribution in [0.2, 0.25) is 10.0 Å². The molecule has 7 heteroatoms. The van der Waals surface area contributed by atoms with Crippen molar-refractivity contribution in [3.63, 3.8) is 0 Å². The van der Waals surface area contributed by atoms with E-state index in [0.717, 1.165) is 3.57 Å². The predicted octanol–water partition coefficient (Wildman–Crippen LogP) is 5.71. The van der Waals surface area contributed by atoms with Crippen molar-refractivity contribution in [2.45, 2.75) is 0 Å². The van der Waals surface area contributed by atoms with Crippen LogP contribution in [0.3, 0.4) is 0 Å². The lowest BCUT2D eigenvalue weighted by Gasteiger charge is -2.08. The van der Waals surface area contributed by atoms with Crippen LogP contribution >= 0.6 is 45.8 Å². The summed E-state index contributed by atoms with van der Waals surface area (Å²) in [5.74, 6) is 0.134. The van der Waals surface area contributed by atoms with Crippen LogP contribution in [0.25, 0.3) is 6.08 Å². The monoisotopic (exact) mass is 498 g/mol. The molecule has 1 N–H and O–H groups in total. The first kappa shape index (κ1) is 20.3. The molecule has 2 aromatic rings. The van der Waals surface area contributed by atoms with Crippen molar-refractivity contribution in [2.24, 2.45) is 0 Å². The number of carbonyl (C=O) groups excluding carboxylic acids is 1. The second kappa shape index (κ2) is 9.62. The van der Waals surface area contributed by atoms with Gasteiger partial charge in [-0.05, 0) is 58.5 Å². The van der Waals surface area contributed by atoms with E-state index in [1.54, 1.807) is 36.4 Å². The maximum absolute atomic E-state index is 12.4. The fourth-order valence-corrected chi connectivity index (χ4v) is 3.02. The van der Waals surface area contributed by atoms with E-state index in [1.165, 1.54) is 6.08 Å². The topological polar surface area (TPSA) is 62.1 Å². The fourth-order valence-electron chi connectivity index (χ4n) is 1.98. The highest BCUT2D eigenvalue weighted by atomic mass is 127. The molecule has 0 spiro atoms. The number of nitrogens with one attached hydrogen (secondary N) is 1. The molecule has 0 saturated heterocycles. The Bertz CT molecular complexity index is 920. The van der Waals surface area contributed by atoms with Crippen molar-refractivity contribution < 1.29 is 9.53 Å².